The first-order valence-electron chi connectivity index (χ1n) is 8.62. The van der Waals surface area contributed by atoms with Gasteiger partial charge in [0.25, 0.3) is 5.91 Å². The SMILES string of the molecule is COc1ccc(C[NH+](C)[C@H](C)C(=O)Nc2ccc(S(N)(=O)=O)cc2)c(OC)c1. The summed E-state index contributed by atoms with van der Waals surface area (Å²) < 4.78 is 33.2. The van der Waals surface area contributed by atoms with Gasteiger partial charge in [-0.1, -0.05) is 0 Å². The van der Waals surface area contributed by atoms with Gasteiger partial charge in [-0.2, -0.15) is 0 Å². The summed E-state index contributed by atoms with van der Waals surface area (Å²) in [4.78, 5) is 13.5. The van der Waals surface area contributed by atoms with Crippen molar-refractivity contribution in [3.63, 3.8) is 0 Å². The Morgan fingerprint density at radius 1 is 1.14 bits per heavy atom. The van der Waals surface area contributed by atoms with E-state index in [2.05, 4.69) is 5.32 Å². The number of benzene rings is 2. The van der Waals surface area contributed by atoms with Crippen LogP contribution in [0.2, 0.25) is 0 Å². The summed E-state index contributed by atoms with van der Waals surface area (Å²) in [5, 5.41) is 7.86. The summed E-state index contributed by atoms with van der Waals surface area (Å²) in [5.74, 6) is 1.21. The van der Waals surface area contributed by atoms with Crippen molar-refractivity contribution in [2.24, 2.45) is 5.14 Å². The number of rotatable bonds is 8. The van der Waals surface area contributed by atoms with E-state index in [-0.39, 0.29) is 16.8 Å². The highest BCUT2D eigenvalue weighted by molar-refractivity contribution is 7.89. The Bertz CT molecular complexity index is 929. The zero-order valence-electron chi connectivity index (χ0n) is 16.4. The highest BCUT2D eigenvalue weighted by atomic mass is 32.2. The third-order valence-corrected chi connectivity index (χ3v) is 5.48. The smallest absolute Gasteiger partial charge is 0.282 e. The highest BCUT2D eigenvalue weighted by Crippen LogP contribution is 2.23. The molecule has 0 heterocycles. The Morgan fingerprint density at radius 2 is 1.79 bits per heavy atom. The van der Waals surface area contributed by atoms with E-state index in [0.717, 1.165) is 10.5 Å². The van der Waals surface area contributed by atoms with Gasteiger partial charge < -0.3 is 19.7 Å². The zero-order chi connectivity index (χ0) is 20.9. The summed E-state index contributed by atoms with van der Waals surface area (Å²) in [7, 11) is 1.34. The van der Waals surface area contributed by atoms with Crippen LogP contribution in [0.15, 0.2) is 47.4 Å². The molecule has 0 saturated carbocycles. The number of methoxy groups -OCH3 is 2. The number of anilines is 1. The van der Waals surface area contributed by atoms with E-state index in [0.29, 0.717) is 23.7 Å². The number of nitrogens with two attached hydrogens (primary N) is 1. The van der Waals surface area contributed by atoms with Gasteiger partial charge in [-0.3, -0.25) is 4.79 Å². The third kappa shape index (κ3) is 5.44. The average Bonchev–Trinajstić information content (AvgIpc) is 2.67. The van der Waals surface area contributed by atoms with Crippen molar-refractivity contribution in [1.82, 2.24) is 0 Å². The van der Waals surface area contributed by atoms with Crippen LogP contribution in [-0.2, 0) is 21.4 Å². The lowest BCUT2D eigenvalue weighted by Crippen LogP contribution is -3.12. The molecule has 0 saturated heterocycles. The van der Waals surface area contributed by atoms with Gasteiger partial charge in [0.05, 0.1) is 26.2 Å². The second-order valence-electron chi connectivity index (χ2n) is 6.48. The standard InChI is InChI=1S/C19H25N3O5S/c1-13(19(23)21-15-6-9-17(10-7-15)28(20,24)25)22(2)12-14-5-8-16(26-3)11-18(14)27-4/h5-11,13H,12H2,1-4H3,(H,21,23)(H2,20,24,25)/p+1/t13-/m1/s1. The van der Waals surface area contributed by atoms with E-state index in [4.69, 9.17) is 14.6 Å². The van der Waals surface area contributed by atoms with Gasteiger partial charge in [0.2, 0.25) is 10.0 Å². The van der Waals surface area contributed by atoms with Crippen molar-refractivity contribution in [2.75, 3.05) is 26.6 Å². The summed E-state index contributed by atoms with van der Waals surface area (Å²) in [6.07, 6.45) is 0. The second-order valence-corrected chi connectivity index (χ2v) is 8.04. The number of carbonyl (C=O) groups excluding carboxylic acids is 1. The largest absolute Gasteiger partial charge is 0.497 e. The summed E-state index contributed by atoms with van der Waals surface area (Å²) >= 11 is 0. The first kappa shape index (κ1) is 21.7. The van der Waals surface area contributed by atoms with Crippen LogP contribution in [0, 0.1) is 0 Å². The van der Waals surface area contributed by atoms with Crippen LogP contribution in [-0.4, -0.2) is 41.6 Å². The van der Waals surface area contributed by atoms with Crippen LogP contribution in [0.25, 0.3) is 0 Å². The topological polar surface area (TPSA) is 112 Å². The molecule has 0 aliphatic heterocycles. The van der Waals surface area contributed by atoms with E-state index >= 15 is 0 Å². The van der Waals surface area contributed by atoms with E-state index in [1.165, 1.54) is 24.3 Å². The number of amides is 1. The van der Waals surface area contributed by atoms with E-state index < -0.39 is 10.0 Å². The first-order valence-corrected chi connectivity index (χ1v) is 10.2. The molecule has 0 aromatic heterocycles. The predicted molar refractivity (Wildman–Crippen MR) is 106 cm³/mol. The van der Waals surface area contributed by atoms with Gasteiger partial charge in [-0.05, 0) is 43.3 Å². The molecular weight excluding hydrogens is 382 g/mol. The van der Waals surface area contributed by atoms with Gasteiger partial charge in [0.1, 0.15) is 18.0 Å². The molecule has 2 atom stereocenters. The fraction of sp³-hybridized carbons (Fsp3) is 0.316. The molecule has 0 radical (unpaired) electrons. The minimum absolute atomic E-state index is 0.00658. The molecule has 9 heteroatoms. The van der Waals surface area contributed by atoms with Crippen molar-refractivity contribution in [1.29, 1.82) is 0 Å². The predicted octanol–water partition coefficient (Wildman–Crippen LogP) is 0.393. The second kappa shape index (κ2) is 9.05. The molecule has 152 valence electrons. The van der Waals surface area contributed by atoms with Crippen molar-refractivity contribution < 1.29 is 27.6 Å². The van der Waals surface area contributed by atoms with Gasteiger partial charge in [0.15, 0.2) is 6.04 Å². The molecule has 4 N–H and O–H groups in total. The maximum Gasteiger partial charge on any atom is 0.282 e. The van der Waals surface area contributed by atoms with Crippen LogP contribution in [0.1, 0.15) is 12.5 Å². The van der Waals surface area contributed by atoms with Crippen LogP contribution >= 0.6 is 0 Å². The maximum absolute atomic E-state index is 12.6. The van der Waals surface area contributed by atoms with Crippen molar-refractivity contribution >= 4 is 21.6 Å². The average molecular weight is 409 g/mol. The molecule has 0 fully saturated rings. The Morgan fingerprint density at radius 3 is 2.32 bits per heavy atom. The lowest BCUT2D eigenvalue weighted by Gasteiger charge is -2.22. The van der Waals surface area contributed by atoms with Gasteiger partial charge in [0, 0.05) is 17.3 Å². The normalized spacial score (nSPS) is 13.5. The minimum Gasteiger partial charge on any atom is -0.497 e. The minimum atomic E-state index is -3.76. The number of likely N-dealkylation sites (N-methyl/N-ethyl adjacent to an activating group) is 1. The van der Waals surface area contributed by atoms with Gasteiger partial charge in [-0.15, -0.1) is 0 Å². The van der Waals surface area contributed by atoms with Crippen molar-refractivity contribution in [3.8, 4) is 11.5 Å². The Balaban J connectivity index is 2.04. The molecule has 0 bridgehead atoms. The number of primary sulfonamides is 1. The first-order chi connectivity index (χ1) is 13.2. The Kier molecular flexibility index (Phi) is 7.00. The number of hydrogen-bond acceptors (Lipinski definition) is 5. The van der Waals surface area contributed by atoms with Gasteiger partial charge >= 0.3 is 0 Å². The Labute approximate surface area is 165 Å². The number of sulfonamides is 1. The number of quaternary nitrogens is 1. The molecule has 2 aromatic rings. The maximum atomic E-state index is 12.6. The Hall–Kier alpha value is -2.62. The van der Waals surface area contributed by atoms with Crippen molar-refractivity contribution in [2.45, 2.75) is 24.4 Å². The molecule has 1 amide bonds. The quantitative estimate of drug-likeness (QED) is 0.585. The summed E-state index contributed by atoms with van der Waals surface area (Å²) in [5.41, 5.74) is 1.46. The number of nitrogens with one attached hydrogen (secondary N) is 2. The molecule has 28 heavy (non-hydrogen) atoms. The van der Waals surface area contributed by atoms with Gasteiger partial charge in [-0.25, -0.2) is 13.6 Å². The number of hydrogen-bond donors (Lipinski definition) is 3. The molecule has 2 rings (SSSR count). The molecule has 0 aliphatic carbocycles. The number of ether oxygens (including phenoxy) is 2. The fourth-order valence-corrected chi connectivity index (χ4v) is 3.17. The number of carbonyl (C=O) groups is 1. The van der Waals surface area contributed by atoms with Crippen LogP contribution in [0.5, 0.6) is 11.5 Å². The molecular formula is C19H26N3O5S+. The van der Waals surface area contributed by atoms with Crippen LogP contribution < -0.4 is 24.8 Å². The molecule has 2 aromatic carbocycles. The van der Waals surface area contributed by atoms with E-state index in [1.54, 1.807) is 20.3 Å². The summed E-state index contributed by atoms with van der Waals surface area (Å²) in [6.45, 7) is 2.39. The highest BCUT2D eigenvalue weighted by Gasteiger charge is 2.23. The van der Waals surface area contributed by atoms with Crippen LogP contribution in [0.3, 0.4) is 0 Å². The molecule has 8 nitrogen and oxygen atoms in total. The van der Waals surface area contributed by atoms with E-state index in [1.807, 2.05) is 26.1 Å². The summed E-state index contributed by atoms with van der Waals surface area (Å²) in [6, 6.07) is 10.9. The molecule has 0 spiro atoms. The lowest BCUT2D eigenvalue weighted by molar-refractivity contribution is -0.907. The van der Waals surface area contributed by atoms with Crippen LogP contribution in [0.4, 0.5) is 5.69 Å². The van der Waals surface area contributed by atoms with E-state index in [9.17, 15) is 13.2 Å². The fourth-order valence-electron chi connectivity index (χ4n) is 2.65. The zero-order valence-corrected chi connectivity index (χ0v) is 17.2. The van der Waals surface area contributed by atoms with Crippen molar-refractivity contribution in [3.05, 3.63) is 48.0 Å². The monoisotopic (exact) mass is 408 g/mol. The molecule has 0 aliphatic rings. The molecule has 1 unspecified atom stereocenters. The third-order valence-electron chi connectivity index (χ3n) is 4.55. The lowest BCUT2D eigenvalue weighted by atomic mass is 10.1.